The topological polar surface area (TPSA) is 51.6 Å². The Bertz CT molecular complexity index is 540. The molecule has 1 saturated heterocycles. The van der Waals surface area contributed by atoms with Crippen LogP contribution in [0.4, 0.5) is 0 Å². The average Bonchev–Trinajstić information content (AvgIpc) is 2.94. The maximum atomic E-state index is 6.32. The van der Waals surface area contributed by atoms with E-state index in [2.05, 4.69) is 17.0 Å². The van der Waals surface area contributed by atoms with Gasteiger partial charge in [0.25, 0.3) is 0 Å². The highest BCUT2D eigenvalue weighted by Gasteiger charge is 2.22. The van der Waals surface area contributed by atoms with Gasteiger partial charge in [0.15, 0.2) is 0 Å². The second-order valence-corrected chi connectivity index (χ2v) is 5.99. The van der Waals surface area contributed by atoms with Crippen molar-refractivity contribution < 1.29 is 9.15 Å². The number of rotatable bonds is 5. The minimum absolute atomic E-state index is 0.0589. The van der Waals surface area contributed by atoms with E-state index in [1.165, 1.54) is 12.8 Å². The standard InChI is InChI=1S/C17H24N2O2/c1-20-12-13-6-8-19(9-7-13)11-15(18)17-10-14-4-2-3-5-16(14)21-17/h2-5,10,13,15H,6-9,11-12,18H2,1H3. The van der Waals surface area contributed by atoms with Crippen LogP contribution in [-0.2, 0) is 4.74 Å². The molecular weight excluding hydrogens is 264 g/mol. The molecule has 1 unspecified atom stereocenters. The zero-order valence-electron chi connectivity index (χ0n) is 12.6. The molecule has 1 fully saturated rings. The summed E-state index contributed by atoms with van der Waals surface area (Å²) in [5.41, 5.74) is 7.24. The summed E-state index contributed by atoms with van der Waals surface area (Å²) in [5, 5.41) is 1.13. The van der Waals surface area contributed by atoms with Crippen molar-refractivity contribution in [1.82, 2.24) is 4.90 Å². The summed E-state index contributed by atoms with van der Waals surface area (Å²) in [6.45, 7) is 3.94. The van der Waals surface area contributed by atoms with E-state index in [1.807, 2.05) is 18.2 Å². The van der Waals surface area contributed by atoms with Crippen LogP contribution in [0, 0.1) is 5.92 Å². The number of piperidine rings is 1. The van der Waals surface area contributed by atoms with Gasteiger partial charge in [-0.1, -0.05) is 18.2 Å². The number of ether oxygens (including phenoxy) is 1. The summed E-state index contributed by atoms with van der Waals surface area (Å²) in [6.07, 6.45) is 2.39. The maximum Gasteiger partial charge on any atom is 0.134 e. The summed E-state index contributed by atoms with van der Waals surface area (Å²) < 4.78 is 11.1. The number of benzene rings is 1. The fraction of sp³-hybridized carbons (Fsp3) is 0.529. The van der Waals surface area contributed by atoms with Crippen molar-refractivity contribution in [2.75, 3.05) is 33.4 Å². The van der Waals surface area contributed by atoms with Crippen molar-refractivity contribution in [1.29, 1.82) is 0 Å². The highest BCUT2D eigenvalue weighted by molar-refractivity contribution is 5.77. The molecule has 1 aliphatic rings. The molecule has 21 heavy (non-hydrogen) atoms. The zero-order chi connectivity index (χ0) is 14.7. The number of likely N-dealkylation sites (tertiary alicyclic amines) is 1. The molecule has 114 valence electrons. The molecule has 1 aromatic carbocycles. The van der Waals surface area contributed by atoms with E-state index in [0.29, 0.717) is 5.92 Å². The van der Waals surface area contributed by atoms with Gasteiger partial charge in [-0.2, -0.15) is 0 Å². The molecule has 2 aromatic rings. The molecule has 2 heterocycles. The van der Waals surface area contributed by atoms with E-state index in [1.54, 1.807) is 7.11 Å². The molecular formula is C17H24N2O2. The fourth-order valence-corrected chi connectivity index (χ4v) is 3.12. The number of furan rings is 1. The van der Waals surface area contributed by atoms with E-state index in [4.69, 9.17) is 14.9 Å². The number of methoxy groups -OCH3 is 1. The van der Waals surface area contributed by atoms with E-state index in [0.717, 1.165) is 43.0 Å². The van der Waals surface area contributed by atoms with E-state index in [9.17, 15) is 0 Å². The SMILES string of the molecule is COCC1CCN(CC(N)c2cc3ccccc3o2)CC1. The Morgan fingerprint density at radius 2 is 2.10 bits per heavy atom. The Morgan fingerprint density at radius 3 is 2.81 bits per heavy atom. The number of nitrogens with two attached hydrogens (primary N) is 1. The lowest BCUT2D eigenvalue weighted by Crippen LogP contribution is -2.39. The normalized spacial score (nSPS) is 19.1. The first-order valence-corrected chi connectivity index (χ1v) is 7.71. The number of nitrogens with zero attached hydrogens (tertiary/aromatic N) is 1. The summed E-state index contributed by atoms with van der Waals surface area (Å²) in [4.78, 5) is 2.43. The number of hydrogen-bond acceptors (Lipinski definition) is 4. The van der Waals surface area contributed by atoms with Gasteiger partial charge in [-0.3, -0.25) is 0 Å². The van der Waals surface area contributed by atoms with Crippen LogP contribution in [-0.4, -0.2) is 38.3 Å². The highest BCUT2D eigenvalue weighted by atomic mass is 16.5. The first kappa shape index (κ1) is 14.6. The smallest absolute Gasteiger partial charge is 0.134 e. The molecule has 0 radical (unpaired) electrons. The lowest BCUT2D eigenvalue weighted by molar-refractivity contribution is 0.0962. The average molecular weight is 288 g/mol. The minimum atomic E-state index is -0.0589. The third kappa shape index (κ3) is 3.46. The van der Waals surface area contributed by atoms with Crippen LogP contribution in [0.3, 0.4) is 0 Å². The predicted molar refractivity (Wildman–Crippen MR) is 84.2 cm³/mol. The highest BCUT2D eigenvalue weighted by Crippen LogP contribution is 2.24. The lowest BCUT2D eigenvalue weighted by Gasteiger charge is -2.32. The van der Waals surface area contributed by atoms with Crippen molar-refractivity contribution >= 4 is 11.0 Å². The van der Waals surface area contributed by atoms with Crippen molar-refractivity contribution in [2.45, 2.75) is 18.9 Å². The maximum absolute atomic E-state index is 6.32. The molecule has 0 aliphatic carbocycles. The molecule has 1 atom stereocenters. The molecule has 0 spiro atoms. The van der Waals surface area contributed by atoms with Crippen molar-refractivity contribution in [3.63, 3.8) is 0 Å². The van der Waals surface area contributed by atoms with Crippen LogP contribution < -0.4 is 5.73 Å². The Morgan fingerprint density at radius 1 is 1.33 bits per heavy atom. The van der Waals surface area contributed by atoms with Gasteiger partial charge in [-0.25, -0.2) is 0 Å². The van der Waals surface area contributed by atoms with Crippen molar-refractivity contribution in [3.8, 4) is 0 Å². The van der Waals surface area contributed by atoms with Crippen LogP contribution in [0.5, 0.6) is 0 Å². The molecule has 1 aromatic heterocycles. The van der Waals surface area contributed by atoms with Gasteiger partial charge < -0.3 is 19.8 Å². The third-order valence-electron chi connectivity index (χ3n) is 4.37. The van der Waals surface area contributed by atoms with Gasteiger partial charge in [0.2, 0.25) is 0 Å². The molecule has 1 aliphatic heterocycles. The second-order valence-electron chi connectivity index (χ2n) is 5.99. The van der Waals surface area contributed by atoms with Gasteiger partial charge in [0.05, 0.1) is 6.04 Å². The third-order valence-corrected chi connectivity index (χ3v) is 4.37. The monoisotopic (exact) mass is 288 g/mol. The Labute approximate surface area is 125 Å². The Kier molecular flexibility index (Phi) is 4.58. The number of fused-ring (bicyclic) bond motifs is 1. The summed E-state index contributed by atoms with van der Waals surface area (Å²) in [6, 6.07) is 10.1. The van der Waals surface area contributed by atoms with E-state index >= 15 is 0 Å². The summed E-state index contributed by atoms with van der Waals surface area (Å²) >= 11 is 0. The van der Waals surface area contributed by atoms with Crippen LogP contribution >= 0.6 is 0 Å². The molecule has 0 saturated carbocycles. The molecule has 0 bridgehead atoms. The van der Waals surface area contributed by atoms with Crippen molar-refractivity contribution in [3.05, 3.63) is 36.1 Å². The first-order chi connectivity index (χ1) is 10.3. The lowest BCUT2D eigenvalue weighted by atomic mass is 9.97. The predicted octanol–water partition coefficient (Wildman–Crippen LogP) is 2.79. The number of para-hydroxylation sites is 1. The van der Waals surface area contributed by atoms with Crippen LogP contribution in [0.25, 0.3) is 11.0 Å². The van der Waals surface area contributed by atoms with Gasteiger partial charge in [-0.15, -0.1) is 0 Å². The van der Waals surface area contributed by atoms with Gasteiger partial charge >= 0.3 is 0 Å². The largest absolute Gasteiger partial charge is 0.459 e. The van der Waals surface area contributed by atoms with Crippen LogP contribution in [0.15, 0.2) is 34.7 Å². The Hall–Kier alpha value is -1.36. The summed E-state index contributed by atoms with van der Waals surface area (Å²) in [5.74, 6) is 1.59. The van der Waals surface area contributed by atoms with Gasteiger partial charge in [-0.05, 0) is 44.0 Å². The van der Waals surface area contributed by atoms with Crippen molar-refractivity contribution in [2.24, 2.45) is 11.7 Å². The molecule has 3 rings (SSSR count). The molecule has 0 amide bonds. The zero-order valence-corrected chi connectivity index (χ0v) is 12.6. The van der Waals surface area contributed by atoms with Crippen LogP contribution in [0.1, 0.15) is 24.6 Å². The first-order valence-electron chi connectivity index (χ1n) is 7.71. The van der Waals surface area contributed by atoms with Crippen LogP contribution in [0.2, 0.25) is 0 Å². The fourth-order valence-electron chi connectivity index (χ4n) is 3.12. The summed E-state index contributed by atoms with van der Waals surface area (Å²) in [7, 11) is 1.78. The Balaban J connectivity index is 1.58. The van der Waals surface area contributed by atoms with E-state index in [-0.39, 0.29) is 6.04 Å². The molecule has 4 nitrogen and oxygen atoms in total. The van der Waals surface area contributed by atoms with E-state index < -0.39 is 0 Å². The number of hydrogen-bond donors (Lipinski definition) is 1. The second kappa shape index (κ2) is 6.60. The minimum Gasteiger partial charge on any atom is -0.459 e. The molecule has 2 N–H and O–H groups in total. The van der Waals surface area contributed by atoms with Gasteiger partial charge in [0, 0.05) is 25.6 Å². The quantitative estimate of drug-likeness (QED) is 0.919. The van der Waals surface area contributed by atoms with Gasteiger partial charge in [0.1, 0.15) is 11.3 Å². The molecule has 4 heteroatoms.